The highest BCUT2D eigenvalue weighted by atomic mass is 19.3. The number of alkyl halides is 2. The molecule has 1 aromatic carbocycles. The minimum Gasteiger partial charge on any atom is -0.205 e. The molecule has 0 aliphatic carbocycles. The summed E-state index contributed by atoms with van der Waals surface area (Å²) in [6.07, 6.45) is -2.36. The van der Waals surface area contributed by atoms with E-state index in [1.54, 1.807) is 6.07 Å². The molecule has 1 rings (SSSR count). The maximum Gasteiger partial charge on any atom is 0.264 e. The Balaban J connectivity index is 3.19. The van der Waals surface area contributed by atoms with Crippen LogP contribution in [-0.2, 0) is 0 Å². The third-order valence-electron chi connectivity index (χ3n) is 2.10. The van der Waals surface area contributed by atoms with Gasteiger partial charge in [0.25, 0.3) is 6.43 Å². The van der Waals surface area contributed by atoms with Crippen LogP contribution in [0, 0.1) is 6.92 Å². The summed E-state index contributed by atoms with van der Waals surface area (Å²) in [6.45, 7) is 5.78. The summed E-state index contributed by atoms with van der Waals surface area (Å²) in [5, 5.41) is 0. The van der Waals surface area contributed by atoms with E-state index in [1.807, 2.05) is 26.8 Å². The molecule has 13 heavy (non-hydrogen) atoms. The SMILES string of the molecule is Cc1ccc(C(F)F)c(C(C)C)c1. The number of rotatable bonds is 2. The Bertz CT molecular complexity index is 290. The molecule has 2 heteroatoms. The Morgan fingerprint density at radius 1 is 1.08 bits per heavy atom. The zero-order valence-electron chi connectivity index (χ0n) is 8.14. The van der Waals surface area contributed by atoms with Crippen LogP contribution in [0.3, 0.4) is 0 Å². The maximum atomic E-state index is 12.5. The maximum absolute atomic E-state index is 12.5. The number of hydrogen-bond acceptors (Lipinski definition) is 0. The van der Waals surface area contributed by atoms with E-state index in [-0.39, 0.29) is 11.5 Å². The summed E-state index contributed by atoms with van der Waals surface area (Å²) in [7, 11) is 0. The van der Waals surface area contributed by atoms with Crippen LogP contribution in [0.1, 0.15) is 42.9 Å². The number of benzene rings is 1. The first-order valence-electron chi connectivity index (χ1n) is 4.41. The van der Waals surface area contributed by atoms with Crippen molar-refractivity contribution in [3.05, 3.63) is 34.9 Å². The normalized spacial score (nSPS) is 11.3. The summed E-state index contributed by atoms with van der Waals surface area (Å²) < 4.78 is 25.0. The van der Waals surface area contributed by atoms with E-state index >= 15 is 0 Å². The van der Waals surface area contributed by atoms with E-state index in [4.69, 9.17) is 0 Å². The van der Waals surface area contributed by atoms with E-state index < -0.39 is 6.43 Å². The van der Waals surface area contributed by atoms with Crippen molar-refractivity contribution in [1.82, 2.24) is 0 Å². The fourth-order valence-electron chi connectivity index (χ4n) is 1.39. The van der Waals surface area contributed by atoms with Crippen molar-refractivity contribution in [3.8, 4) is 0 Å². The van der Waals surface area contributed by atoms with E-state index in [1.165, 1.54) is 6.07 Å². The largest absolute Gasteiger partial charge is 0.264 e. The second kappa shape index (κ2) is 3.86. The molecule has 0 heterocycles. The molecule has 0 unspecified atom stereocenters. The second-order valence-electron chi connectivity index (χ2n) is 3.59. The average Bonchev–Trinajstić information content (AvgIpc) is 2.03. The lowest BCUT2D eigenvalue weighted by Crippen LogP contribution is -1.97. The molecule has 0 spiro atoms. The van der Waals surface area contributed by atoms with Crippen LogP contribution in [-0.4, -0.2) is 0 Å². The summed E-state index contributed by atoms with van der Waals surface area (Å²) in [4.78, 5) is 0. The average molecular weight is 184 g/mol. The smallest absolute Gasteiger partial charge is 0.205 e. The first-order valence-corrected chi connectivity index (χ1v) is 4.41. The Kier molecular flexibility index (Phi) is 3.02. The predicted molar refractivity (Wildman–Crippen MR) is 50.2 cm³/mol. The molecule has 0 N–H and O–H groups in total. The van der Waals surface area contributed by atoms with Gasteiger partial charge >= 0.3 is 0 Å². The molecular weight excluding hydrogens is 170 g/mol. The number of aryl methyl sites for hydroxylation is 1. The van der Waals surface area contributed by atoms with Crippen molar-refractivity contribution in [3.63, 3.8) is 0 Å². The van der Waals surface area contributed by atoms with Crippen molar-refractivity contribution >= 4 is 0 Å². The molecule has 0 nitrogen and oxygen atoms in total. The third kappa shape index (κ3) is 2.27. The molecule has 0 saturated heterocycles. The van der Waals surface area contributed by atoms with Gasteiger partial charge in [0, 0.05) is 5.56 Å². The van der Waals surface area contributed by atoms with Crippen LogP contribution in [0.4, 0.5) is 8.78 Å². The molecule has 1 aromatic rings. The van der Waals surface area contributed by atoms with Gasteiger partial charge < -0.3 is 0 Å². The molecule has 0 atom stereocenters. The van der Waals surface area contributed by atoms with E-state index in [9.17, 15) is 8.78 Å². The summed E-state index contributed by atoms with van der Waals surface area (Å²) >= 11 is 0. The predicted octanol–water partition coefficient (Wildman–Crippen LogP) is 4.06. The van der Waals surface area contributed by atoms with Crippen molar-refractivity contribution in [2.45, 2.75) is 33.1 Å². The Hall–Kier alpha value is -0.920. The topological polar surface area (TPSA) is 0 Å². The van der Waals surface area contributed by atoms with Gasteiger partial charge in [-0.2, -0.15) is 0 Å². The Morgan fingerprint density at radius 3 is 2.15 bits per heavy atom. The van der Waals surface area contributed by atoms with Gasteiger partial charge in [-0.1, -0.05) is 37.6 Å². The molecule has 72 valence electrons. The molecule has 0 saturated carbocycles. The van der Waals surface area contributed by atoms with Crippen LogP contribution < -0.4 is 0 Å². The lowest BCUT2D eigenvalue weighted by atomic mass is 9.95. The molecular formula is C11H14F2. The van der Waals surface area contributed by atoms with Gasteiger partial charge in [0.2, 0.25) is 0 Å². The Morgan fingerprint density at radius 2 is 1.69 bits per heavy atom. The van der Waals surface area contributed by atoms with Gasteiger partial charge in [-0.3, -0.25) is 0 Å². The van der Waals surface area contributed by atoms with Gasteiger partial charge in [-0.05, 0) is 18.4 Å². The minimum atomic E-state index is -2.36. The van der Waals surface area contributed by atoms with Crippen LogP contribution in [0.25, 0.3) is 0 Å². The number of hydrogen-bond donors (Lipinski definition) is 0. The van der Waals surface area contributed by atoms with Crippen LogP contribution in [0.5, 0.6) is 0 Å². The van der Waals surface area contributed by atoms with Crippen LogP contribution >= 0.6 is 0 Å². The van der Waals surface area contributed by atoms with Gasteiger partial charge in [-0.25, -0.2) is 8.78 Å². The molecule has 0 aliphatic heterocycles. The molecule has 0 radical (unpaired) electrons. The molecule has 0 aromatic heterocycles. The summed E-state index contributed by atoms with van der Waals surface area (Å²) in [6, 6.07) is 5.09. The highest BCUT2D eigenvalue weighted by molar-refractivity contribution is 5.34. The highest BCUT2D eigenvalue weighted by Crippen LogP contribution is 2.28. The molecule has 0 fully saturated rings. The van der Waals surface area contributed by atoms with Crippen molar-refractivity contribution in [2.75, 3.05) is 0 Å². The van der Waals surface area contributed by atoms with Gasteiger partial charge in [0.05, 0.1) is 0 Å². The first kappa shape index (κ1) is 10.2. The third-order valence-corrected chi connectivity index (χ3v) is 2.10. The molecule has 0 bridgehead atoms. The number of halogens is 2. The first-order chi connectivity index (χ1) is 6.02. The van der Waals surface area contributed by atoms with Crippen molar-refractivity contribution in [2.24, 2.45) is 0 Å². The molecule has 0 amide bonds. The van der Waals surface area contributed by atoms with Gasteiger partial charge in [-0.15, -0.1) is 0 Å². The highest BCUT2D eigenvalue weighted by Gasteiger charge is 2.14. The van der Waals surface area contributed by atoms with E-state index in [2.05, 4.69) is 0 Å². The summed E-state index contributed by atoms with van der Waals surface area (Å²) in [5.74, 6) is 0.156. The van der Waals surface area contributed by atoms with Crippen LogP contribution in [0.2, 0.25) is 0 Å². The van der Waals surface area contributed by atoms with E-state index in [0.717, 1.165) is 11.1 Å². The molecule has 0 aliphatic rings. The lowest BCUT2D eigenvalue weighted by molar-refractivity contribution is 0.150. The Labute approximate surface area is 77.6 Å². The fraction of sp³-hybridized carbons (Fsp3) is 0.455. The minimum absolute atomic E-state index is 0.156. The quantitative estimate of drug-likeness (QED) is 0.650. The lowest BCUT2D eigenvalue weighted by Gasteiger charge is -2.12. The van der Waals surface area contributed by atoms with E-state index in [0.29, 0.717) is 0 Å². The standard InChI is InChI=1S/C11H14F2/c1-7(2)10-6-8(3)4-5-9(10)11(12)13/h4-7,11H,1-3H3. The van der Waals surface area contributed by atoms with Crippen molar-refractivity contribution < 1.29 is 8.78 Å². The fourth-order valence-corrected chi connectivity index (χ4v) is 1.39. The summed E-state index contributed by atoms with van der Waals surface area (Å²) in [5.41, 5.74) is 1.96. The van der Waals surface area contributed by atoms with Gasteiger partial charge in [0.15, 0.2) is 0 Å². The zero-order chi connectivity index (χ0) is 10.0. The second-order valence-corrected chi connectivity index (χ2v) is 3.59. The van der Waals surface area contributed by atoms with Crippen LogP contribution in [0.15, 0.2) is 18.2 Å². The van der Waals surface area contributed by atoms with Gasteiger partial charge in [0.1, 0.15) is 0 Å². The van der Waals surface area contributed by atoms with Crippen molar-refractivity contribution in [1.29, 1.82) is 0 Å². The monoisotopic (exact) mass is 184 g/mol. The zero-order valence-corrected chi connectivity index (χ0v) is 8.14.